The molecule has 164 valence electrons. The van der Waals surface area contributed by atoms with Gasteiger partial charge < -0.3 is 15.1 Å². The van der Waals surface area contributed by atoms with Crippen molar-refractivity contribution in [2.75, 3.05) is 43.3 Å². The molecule has 0 spiro atoms. The van der Waals surface area contributed by atoms with Crippen LogP contribution in [0, 0.1) is 0 Å². The second-order valence-corrected chi connectivity index (χ2v) is 8.15. The molecule has 0 fully saturated rings. The Kier molecular flexibility index (Phi) is 6.70. The van der Waals surface area contributed by atoms with Gasteiger partial charge in [-0.25, -0.2) is 0 Å². The van der Waals surface area contributed by atoms with Crippen molar-refractivity contribution in [3.63, 3.8) is 0 Å². The van der Waals surface area contributed by atoms with E-state index in [1.807, 2.05) is 86.5 Å². The van der Waals surface area contributed by atoms with Crippen LogP contribution in [0.5, 0.6) is 0 Å². The molecule has 0 aromatic heterocycles. The van der Waals surface area contributed by atoms with Crippen molar-refractivity contribution in [2.45, 2.75) is 12.2 Å². The van der Waals surface area contributed by atoms with Crippen LogP contribution in [-0.4, -0.2) is 28.2 Å². The van der Waals surface area contributed by atoms with Crippen molar-refractivity contribution in [1.29, 1.82) is 0 Å². The molecule has 0 saturated carbocycles. The molecule has 3 aromatic carbocycles. The predicted octanol–water partition coefficient (Wildman–Crippen LogP) is 6.69. The lowest BCUT2D eigenvalue weighted by atomic mass is 9.97. The number of anilines is 3. The maximum atomic E-state index is 13.2. The van der Waals surface area contributed by atoms with Gasteiger partial charge in [0.2, 0.25) is 0 Å². The molecule has 3 aromatic rings. The van der Waals surface area contributed by atoms with E-state index >= 15 is 0 Å². The molecular weight excluding hydrogens is 423 g/mol. The number of hydrogen-bond donors (Lipinski definition) is 1. The molecule has 7 heteroatoms. The first-order valence-electron chi connectivity index (χ1n) is 9.74. The Bertz CT molecular complexity index is 962. The van der Waals surface area contributed by atoms with Crippen LogP contribution in [0.25, 0.3) is 0 Å². The van der Waals surface area contributed by atoms with Gasteiger partial charge in [-0.15, -0.1) is 0 Å². The summed E-state index contributed by atoms with van der Waals surface area (Å²) in [5, 5.41) is 3.46. The lowest BCUT2D eigenvalue weighted by Crippen LogP contribution is -2.15. The van der Waals surface area contributed by atoms with Gasteiger partial charge >= 0.3 is 6.18 Å². The zero-order valence-corrected chi connectivity index (χ0v) is 18.6. The van der Waals surface area contributed by atoms with Crippen molar-refractivity contribution in [1.82, 2.24) is 0 Å². The average Bonchev–Trinajstić information content (AvgIpc) is 2.72. The van der Waals surface area contributed by atoms with E-state index in [0.717, 1.165) is 34.6 Å². The lowest BCUT2D eigenvalue weighted by Gasteiger charge is -2.24. The zero-order valence-electron chi connectivity index (χ0n) is 17.8. The minimum absolute atomic E-state index is 0.229. The monoisotopic (exact) mass is 447 g/mol. The summed E-state index contributed by atoms with van der Waals surface area (Å²) in [6, 6.07) is 18.7. The summed E-state index contributed by atoms with van der Waals surface area (Å²) in [6.07, 6.45) is -4.45. The number of benzene rings is 3. The quantitative estimate of drug-likeness (QED) is 0.454. The second-order valence-electron chi connectivity index (χ2n) is 7.74. The van der Waals surface area contributed by atoms with Gasteiger partial charge in [-0.2, -0.15) is 13.2 Å². The van der Waals surface area contributed by atoms with Gasteiger partial charge in [0.25, 0.3) is 0 Å². The van der Waals surface area contributed by atoms with Crippen LogP contribution in [0.4, 0.5) is 30.2 Å². The number of nitrogens with zero attached hydrogens (tertiary/aromatic N) is 2. The Morgan fingerprint density at radius 1 is 0.742 bits per heavy atom. The molecule has 0 atom stereocenters. The first-order chi connectivity index (χ1) is 14.6. The molecule has 0 saturated heterocycles. The highest BCUT2D eigenvalue weighted by molar-refractivity contribution is 6.33. The summed E-state index contributed by atoms with van der Waals surface area (Å²) in [5.41, 5.74) is 3.37. The standard InChI is InChI=1S/C24H25ClF3N3/c1-30(2)19-10-5-16(6-11-19)23(17-7-12-20(13-8-17)31(3)4)29-22-15-18(24(26,27)28)9-14-21(22)25/h5-15,23,29H,1-4H3. The van der Waals surface area contributed by atoms with Gasteiger partial charge in [0.15, 0.2) is 0 Å². The van der Waals surface area contributed by atoms with E-state index in [0.29, 0.717) is 0 Å². The zero-order chi connectivity index (χ0) is 22.8. The first-order valence-corrected chi connectivity index (χ1v) is 10.1. The fourth-order valence-corrected chi connectivity index (χ4v) is 3.43. The first kappa shape index (κ1) is 22.8. The Hall–Kier alpha value is -2.86. The highest BCUT2D eigenvalue weighted by Gasteiger charge is 2.31. The largest absolute Gasteiger partial charge is 0.416 e. The predicted molar refractivity (Wildman–Crippen MR) is 123 cm³/mol. The summed E-state index contributed by atoms with van der Waals surface area (Å²) in [5.74, 6) is 0. The summed E-state index contributed by atoms with van der Waals surface area (Å²) in [4.78, 5) is 3.98. The maximum absolute atomic E-state index is 13.2. The fraction of sp³-hybridized carbons (Fsp3) is 0.250. The summed E-state index contributed by atoms with van der Waals surface area (Å²) in [6.45, 7) is 0. The van der Waals surface area contributed by atoms with Gasteiger partial charge in [-0.1, -0.05) is 35.9 Å². The van der Waals surface area contributed by atoms with Gasteiger partial charge in [-0.05, 0) is 53.6 Å². The van der Waals surface area contributed by atoms with Gasteiger partial charge in [-0.3, -0.25) is 0 Å². The molecule has 0 amide bonds. The molecule has 1 N–H and O–H groups in total. The van der Waals surface area contributed by atoms with Crippen molar-refractivity contribution in [3.05, 3.63) is 88.4 Å². The van der Waals surface area contributed by atoms with Crippen molar-refractivity contribution in [3.8, 4) is 0 Å². The third-order valence-electron chi connectivity index (χ3n) is 5.08. The van der Waals surface area contributed by atoms with Crippen molar-refractivity contribution in [2.24, 2.45) is 0 Å². The second kappa shape index (κ2) is 9.10. The highest BCUT2D eigenvalue weighted by atomic mass is 35.5. The average molecular weight is 448 g/mol. The number of halogens is 4. The number of alkyl halides is 3. The SMILES string of the molecule is CN(C)c1ccc(C(Nc2cc(C(F)(F)F)ccc2Cl)c2ccc(N(C)C)cc2)cc1. The number of rotatable bonds is 6. The molecule has 3 rings (SSSR count). The van der Waals surface area contributed by atoms with Crippen LogP contribution >= 0.6 is 11.6 Å². The molecule has 0 heterocycles. The van der Waals surface area contributed by atoms with Gasteiger partial charge in [0.1, 0.15) is 0 Å². The highest BCUT2D eigenvalue weighted by Crippen LogP contribution is 2.37. The third kappa shape index (κ3) is 5.44. The molecular formula is C24H25ClF3N3. The van der Waals surface area contributed by atoms with Crippen LogP contribution in [-0.2, 0) is 6.18 Å². The third-order valence-corrected chi connectivity index (χ3v) is 5.41. The molecule has 0 unspecified atom stereocenters. The van der Waals surface area contributed by atoms with Gasteiger partial charge in [0.05, 0.1) is 22.3 Å². The van der Waals surface area contributed by atoms with Crippen molar-refractivity contribution < 1.29 is 13.2 Å². The van der Waals surface area contributed by atoms with Crippen LogP contribution in [0.1, 0.15) is 22.7 Å². The van der Waals surface area contributed by atoms with Gasteiger partial charge in [0, 0.05) is 39.6 Å². The van der Waals surface area contributed by atoms with Crippen LogP contribution < -0.4 is 15.1 Å². The number of hydrogen-bond acceptors (Lipinski definition) is 3. The van der Waals surface area contributed by atoms with E-state index < -0.39 is 11.7 Å². The van der Waals surface area contributed by atoms with Crippen LogP contribution in [0.3, 0.4) is 0 Å². The Balaban J connectivity index is 2.04. The fourth-order valence-electron chi connectivity index (χ4n) is 3.26. The van der Waals surface area contributed by atoms with Crippen LogP contribution in [0.2, 0.25) is 5.02 Å². The molecule has 0 radical (unpaired) electrons. The molecule has 0 aliphatic carbocycles. The summed E-state index contributed by atoms with van der Waals surface area (Å²) in [7, 11) is 7.81. The smallest absolute Gasteiger partial charge is 0.378 e. The maximum Gasteiger partial charge on any atom is 0.416 e. The van der Waals surface area contributed by atoms with E-state index in [-0.39, 0.29) is 16.8 Å². The van der Waals surface area contributed by atoms with E-state index in [2.05, 4.69) is 5.32 Å². The topological polar surface area (TPSA) is 18.5 Å². The molecule has 3 nitrogen and oxygen atoms in total. The molecule has 31 heavy (non-hydrogen) atoms. The minimum Gasteiger partial charge on any atom is -0.378 e. The summed E-state index contributed by atoms with van der Waals surface area (Å²) < 4.78 is 39.7. The molecule has 0 bridgehead atoms. The van der Waals surface area contributed by atoms with E-state index in [1.165, 1.54) is 6.07 Å². The van der Waals surface area contributed by atoms with Crippen LogP contribution in [0.15, 0.2) is 66.7 Å². The summed E-state index contributed by atoms with van der Waals surface area (Å²) >= 11 is 6.26. The minimum atomic E-state index is -4.45. The Morgan fingerprint density at radius 2 is 1.19 bits per heavy atom. The van der Waals surface area contributed by atoms with E-state index in [1.54, 1.807) is 0 Å². The normalized spacial score (nSPS) is 11.5. The van der Waals surface area contributed by atoms with E-state index in [4.69, 9.17) is 11.6 Å². The lowest BCUT2D eigenvalue weighted by molar-refractivity contribution is -0.137. The van der Waals surface area contributed by atoms with Crippen molar-refractivity contribution >= 4 is 28.7 Å². The number of nitrogens with one attached hydrogen (secondary N) is 1. The van der Waals surface area contributed by atoms with E-state index in [9.17, 15) is 13.2 Å². The Labute approximate surface area is 186 Å². The molecule has 0 aliphatic rings. The molecule has 0 aliphatic heterocycles. The Morgan fingerprint density at radius 3 is 1.58 bits per heavy atom.